The Morgan fingerprint density at radius 1 is 1.19 bits per heavy atom. The van der Waals surface area contributed by atoms with Crippen molar-refractivity contribution in [3.63, 3.8) is 0 Å². The lowest BCUT2D eigenvalue weighted by molar-refractivity contribution is -0.136. The van der Waals surface area contributed by atoms with Gasteiger partial charge in [-0.2, -0.15) is 0 Å². The van der Waals surface area contributed by atoms with Crippen LogP contribution in [0.4, 0.5) is 10.1 Å². The summed E-state index contributed by atoms with van der Waals surface area (Å²) >= 11 is 3.19. The molecule has 0 saturated carbocycles. The van der Waals surface area contributed by atoms with Gasteiger partial charge in [-0.3, -0.25) is 9.59 Å². The summed E-state index contributed by atoms with van der Waals surface area (Å²) in [5.74, 6) is -1.94. The predicted octanol–water partition coefficient (Wildman–Crippen LogP) is 3.47. The molecule has 2 aromatic rings. The molecule has 0 fully saturated rings. The second-order valence-electron chi connectivity index (χ2n) is 4.35. The van der Waals surface area contributed by atoms with Gasteiger partial charge in [0.1, 0.15) is 5.82 Å². The molecular weight excluding hydrogens is 341 g/mol. The molecule has 0 unspecified atom stereocenters. The summed E-state index contributed by atoms with van der Waals surface area (Å²) in [5.41, 5.74) is 1.19. The summed E-state index contributed by atoms with van der Waals surface area (Å²) in [6.07, 6.45) is -0.132. The fourth-order valence-corrected chi connectivity index (χ4v) is 2.23. The number of nitrogens with one attached hydrogen (secondary N) is 1. The normalized spacial score (nSPS) is 10.2. The van der Waals surface area contributed by atoms with Gasteiger partial charge in [0.05, 0.1) is 12.0 Å². The number of anilines is 1. The average Bonchev–Trinajstić information content (AvgIpc) is 2.41. The van der Waals surface area contributed by atoms with Crippen molar-refractivity contribution in [1.29, 1.82) is 0 Å². The fraction of sp³-hybridized carbons (Fsp3) is 0.0667. The lowest BCUT2D eigenvalue weighted by Crippen LogP contribution is -2.13. The molecule has 0 aliphatic rings. The summed E-state index contributed by atoms with van der Waals surface area (Å²) < 4.78 is 13.7. The first-order chi connectivity index (χ1) is 9.95. The molecule has 0 atom stereocenters. The first-order valence-corrected chi connectivity index (χ1v) is 6.82. The van der Waals surface area contributed by atoms with Crippen molar-refractivity contribution in [3.05, 3.63) is 63.9 Å². The van der Waals surface area contributed by atoms with E-state index in [1.165, 1.54) is 12.1 Å². The van der Waals surface area contributed by atoms with Crippen LogP contribution in [0, 0.1) is 5.82 Å². The van der Waals surface area contributed by atoms with E-state index in [9.17, 15) is 14.0 Å². The number of carbonyl (C=O) groups is 2. The molecule has 0 radical (unpaired) electrons. The highest BCUT2D eigenvalue weighted by Gasteiger charge is 2.12. The van der Waals surface area contributed by atoms with Gasteiger partial charge in [0, 0.05) is 10.2 Å². The zero-order chi connectivity index (χ0) is 15.4. The van der Waals surface area contributed by atoms with Crippen molar-refractivity contribution in [2.75, 3.05) is 5.32 Å². The minimum Gasteiger partial charge on any atom is -0.481 e. The van der Waals surface area contributed by atoms with Crippen molar-refractivity contribution in [3.8, 4) is 0 Å². The van der Waals surface area contributed by atoms with Crippen molar-refractivity contribution < 1.29 is 19.1 Å². The van der Waals surface area contributed by atoms with Crippen molar-refractivity contribution in [1.82, 2.24) is 0 Å². The molecule has 2 N–H and O–H groups in total. The molecule has 0 saturated heterocycles. The highest BCUT2D eigenvalue weighted by molar-refractivity contribution is 9.10. The van der Waals surface area contributed by atoms with Crippen LogP contribution in [0.25, 0.3) is 0 Å². The lowest BCUT2D eigenvalue weighted by atomic mass is 10.1. The number of aliphatic carboxylic acids is 1. The zero-order valence-electron chi connectivity index (χ0n) is 10.8. The highest BCUT2D eigenvalue weighted by atomic mass is 79.9. The number of carboxylic acids is 1. The van der Waals surface area contributed by atoms with E-state index >= 15 is 0 Å². The largest absolute Gasteiger partial charge is 0.481 e. The molecule has 2 rings (SSSR count). The van der Waals surface area contributed by atoms with Gasteiger partial charge in [-0.1, -0.05) is 12.1 Å². The maximum absolute atomic E-state index is 13.2. The van der Waals surface area contributed by atoms with Crippen LogP contribution >= 0.6 is 15.9 Å². The Kier molecular flexibility index (Phi) is 4.70. The van der Waals surface area contributed by atoms with Crippen LogP contribution in [-0.2, 0) is 11.2 Å². The first-order valence-electron chi connectivity index (χ1n) is 6.03. The number of carbonyl (C=O) groups excluding carboxylic acids is 1. The Hall–Kier alpha value is -2.21. The van der Waals surface area contributed by atoms with Crippen LogP contribution in [0.1, 0.15) is 15.9 Å². The third-order valence-corrected chi connectivity index (χ3v) is 3.40. The van der Waals surface area contributed by atoms with Crippen LogP contribution in [0.5, 0.6) is 0 Å². The number of hydrogen-bond donors (Lipinski definition) is 2. The Morgan fingerprint density at radius 2 is 1.95 bits per heavy atom. The molecule has 0 spiro atoms. The van der Waals surface area contributed by atoms with E-state index < -0.39 is 17.7 Å². The van der Waals surface area contributed by atoms with Gasteiger partial charge in [-0.05, 0) is 51.8 Å². The fourth-order valence-electron chi connectivity index (χ4n) is 1.80. The second-order valence-corrected chi connectivity index (χ2v) is 5.20. The van der Waals surface area contributed by atoms with E-state index in [2.05, 4.69) is 21.2 Å². The van der Waals surface area contributed by atoms with E-state index in [1.54, 1.807) is 24.3 Å². The second kappa shape index (κ2) is 6.49. The van der Waals surface area contributed by atoms with Gasteiger partial charge in [0.25, 0.3) is 5.91 Å². The smallest absolute Gasteiger partial charge is 0.307 e. The Bertz CT molecular complexity index is 703. The van der Waals surface area contributed by atoms with E-state index in [4.69, 9.17) is 5.11 Å². The van der Waals surface area contributed by atoms with E-state index in [0.717, 1.165) is 6.07 Å². The monoisotopic (exact) mass is 351 g/mol. The van der Waals surface area contributed by atoms with Gasteiger partial charge in [0.15, 0.2) is 0 Å². The van der Waals surface area contributed by atoms with Gasteiger partial charge in [-0.15, -0.1) is 0 Å². The molecule has 0 heterocycles. The van der Waals surface area contributed by atoms with E-state index in [-0.39, 0.29) is 12.0 Å². The number of hydrogen-bond acceptors (Lipinski definition) is 2. The molecule has 0 bridgehead atoms. The molecule has 0 aliphatic carbocycles. The minimum atomic E-state index is -0.952. The van der Waals surface area contributed by atoms with Gasteiger partial charge in [-0.25, -0.2) is 4.39 Å². The predicted molar refractivity (Wildman–Crippen MR) is 79.8 cm³/mol. The van der Waals surface area contributed by atoms with Crippen LogP contribution in [0.2, 0.25) is 0 Å². The third kappa shape index (κ3) is 4.13. The Labute approximate surface area is 128 Å². The van der Waals surface area contributed by atoms with Crippen LogP contribution in [-0.4, -0.2) is 17.0 Å². The third-order valence-electron chi connectivity index (χ3n) is 2.71. The number of benzene rings is 2. The summed E-state index contributed by atoms with van der Waals surface area (Å²) in [6, 6.07) is 10.3. The lowest BCUT2D eigenvalue weighted by Gasteiger charge is -2.08. The van der Waals surface area contributed by atoms with Crippen LogP contribution in [0.15, 0.2) is 46.9 Å². The maximum Gasteiger partial charge on any atom is 0.307 e. The number of halogens is 2. The molecule has 1 amide bonds. The quantitative estimate of drug-likeness (QED) is 0.886. The minimum absolute atomic E-state index is 0.132. The van der Waals surface area contributed by atoms with Gasteiger partial charge in [0.2, 0.25) is 0 Å². The molecule has 0 aliphatic heterocycles. The summed E-state index contributed by atoms with van der Waals surface area (Å²) in [5, 5.41) is 11.4. The molecule has 0 aromatic heterocycles. The first kappa shape index (κ1) is 15.2. The SMILES string of the molecule is O=C(O)Cc1cccc(NC(=O)c2cc(F)ccc2Br)c1. The Balaban J connectivity index is 2.19. The van der Waals surface area contributed by atoms with Crippen LogP contribution in [0.3, 0.4) is 0 Å². The van der Waals surface area contributed by atoms with Crippen molar-refractivity contribution in [2.24, 2.45) is 0 Å². The van der Waals surface area contributed by atoms with Crippen LogP contribution < -0.4 is 5.32 Å². The molecular formula is C15H11BrFNO3. The van der Waals surface area contributed by atoms with Gasteiger partial charge < -0.3 is 10.4 Å². The topological polar surface area (TPSA) is 66.4 Å². The number of carboxylic acid groups (broad SMARTS) is 1. The summed E-state index contributed by atoms with van der Waals surface area (Å²) in [4.78, 5) is 22.8. The average molecular weight is 352 g/mol. The van der Waals surface area contributed by atoms with Crippen molar-refractivity contribution >= 4 is 33.5 Å². The molecule has 108 valence electrons. The molecule has 21 heavy (non-hydrogen) atoms. The zero-order valence-corrected chi connectivity index (χ0v) is 12.4. The number of amides is 1. The summed E-state index contributed by atoms with van der Waals surface area (Å²) in [6.45, 7) is 0. The highest BCUT2D eigenvalue weighted by Crippen LogP contribution is 2.20. The number of rotatable bonds is 4. The van der Waals surface area contributed by atoms with Crippen molar-refractivity contribution in [2.45, 2.75) is 6.42 Å². The molecule has 4 nitrogen and oxygen atoms in total. The summed E-state index contributed by atoms with van der Waals surface area (Å²) in [7, 11) is 0. The molecule has 2 aromatic carbocycles. The van der Waals surface area contributed by atoms with Gasteiger partial charge >= 0.3 is 5.97 Å². The standard InChI is InChI=1S/C15H11BrFNO3/c16-13-5-4-10(17)8-12(13)15(21)18-11-3-1-2-9(6-11)7-14(19)20/h1-6,8H,7H2,(H,18,21)(H,19,20). The molecule has 6 heteroatoms. The maximum atomic E-state index is 13.2. The van der Waals surface area contributed by atoms with E-state index in [1.807, 2.05) is 0 Å². The Morgan fingerprint density at radius 3 is 2.67 bits per heavy atom. The van der Waals surface area contributed by atoms with E-state index in [0.29, 0.717) is 15.7 Å².